The van der Waals surface area contributed by atoms with Gasteiger partial charge in [-0.25, -0.2) is 0 Å². The highest BCUT2D eigenvalue weighted by Crippen LogP contribution is 2.29. The van der Waals surface area contributed by atoms with Crippen LogP contribution >= 0.6 is 0 Å². The molecule has 0 spiro atoms. The normalized spacial score (nSPS) is 14.8. The molecule has 0 unspecified atom stereocenters. The Kier molecular flexibility index (Phi) is 5.34. The summed E-state index contributed by atoms with van der Waals surface area (Å²) in [5, 5.41) is 4.14. The molecule has 0 N–H and O–H groups in total. The topological polar surface area (TPSA) is 62.5 Å². The molecule has 150 valence electrons. The Bertz CT molecular complexity index is 969. The average Bonchev–Trinajstić information content (AvgIpc) is 3.24. The Morgan fingerprint density at radius 3 is 2.31 bits per heavy atom. The molecule has 0 aliphatic carbocycles. The van der Waals surface area contributed by atoms with Crippen molar-refractivity contribution in [1.29, 1.82) is 0 Å². The zero-order chi connectivity index (χ0) is 20.4. The molecule has 0 radical (unpaired) electrons. The Hall–Kier alpha value is -3.15. The molecule has 1 fully saturated rings. The lowest BCUT2D eigenvalue weighted by molar-refractivity contribution is 0.0704. The lowest BCUT2D eigenvalue weighted by Crippen LogP contribution is -2.38. The average molecular weight is 390 g/mol. The molecule has 1 aromatic heterocycles. The molecule has 1 aliphatic rings. The molecule has 0 bridgehead atoms. The number of aromatic nitrogens is 2. The van der Waals surface area contributed by atoms with Gasteiger partial charge in [0.15, 0.2) is 0 Å². The molecule has 3 aromatic rings. The van der Waals surface area contributed by atoms with Gasteiger partial charge in [0.1, 0.15) is 0 Å². The number of benzene rings is 2. The Morgan fingerprint density at radius 2 is 1.69 bits per heavy atom. The van der Waals surface area contributed by atoms with Gasteiger partial charge in [0.25, 0.3) is 5.91 Å². The van der Waals surface area contributed by atoms with E-state index in [1.54, 1.807) is 0 Å². The quantitative estimate of drug-likeness (QED) is 0.670. The van der Waals surface area contributed by atoms with Crippen LogP contribution in [0.4, 0.5) is 5.69 Å². The summed E-state index contributed by atoms with van der Waals surface area (Å²) in [6, 6.07) is 15.8. The van der Waals surface area contributed by atoms with Crippen LogP contribution in [-0.2, 0) is 0 Å². The van der Waals surface area contributed by atoms with Crippen molar-refractivity contribution >= 4 is 11.6 Å². The van der Waals surface area contributed by atoms with Crippen LogP contribution in [0.2, 0.25) is 0 Å². The molecule has 2 heterocycles. The van der Waals surface area contributed by atoms with Gasteiger partial charge in [-0.3, -0.25) is 4.79 Å². The number of nitrogens with zero attached hydrogens (tertiary/aromatic N) is 4. The van der Waals surface area contributed by atoms with Crippen LogP contribution in [0.1, 0.15) is 40.6 Å². The van der Waals surface area contributed by atoms with E-state index in [0.29, 0.717) is 24.8 Å². The minimum atomic E-state index is 0.0830. The zero-order valence-electron chi connectivity index (χ0n) is 17.1. The van der Waals surface area contributed by atoms with E-state index in [4.69, 9.17) is 4.52 Å². The maximum absolute atomic E-state index is 12.8. The van der Waals surface area contributed by atoms with Crippen molar-refractivity contribution in [2.75, 3.05) is 32.1 Å². The number of likely N-dealkylation sites (tertiary alicyclic amines) is 1. The highest BCUT2D eigenvalue weighted by Gasteiger charge is 2.28. The van der Waals surface area contributed by atoms with Gasteiger partial charge in [-0.15, -0.1) is 0 Å². The van der Waals surface area contributed by atoms with Crippen LogP contribution < -0.4 is 4.90 Å². The second-order valence-electron chi connectivity index (χ2n) is 7.83. The zero-order valence-corrected chi connectivity index (χ0v) is 17.1. The van der Waals surface area contributed by atoms with Crippen molar-refractivity contribution in [3.8, 4) is 11.4 Å². The van der Waals surface area contributed by atoms with E-state index in [2.05, 4.69) is 17.1 Å². The van der Waals surface area contributed by atoms with Gasteiger partial charge >= 0.3 is 0 Å². The number of amides is 1. The Labute approximate surface area is 171 Å². The lowest BCUT2D eigenvalue weighted by Gasteiger charge is -2.30. The summed E-state index contributed by atoms with van der Waals surface area (Å²) in [5.74, 6) is 1.57. The number of aryl methyl sites for hydroxylation is 1. The maximum atomic E-state index is 12.8. The fourth-order valence-corrected chi connectivity index (χ4v) is 3.64. The third-order valence-electron chi connectivity index (χ3n) is 5.51. The summed E-state index contributed by atoms with van der Waals surface area (Å²) >= 11 is 0. The lowest BCUT2D eigenvalue weighted by atomic mass is 9.96. The monoisotopic (exact) mass is 390 g/mol. The van der Waals surface area contributed by atoms with Crippen LogP contribution in [0.25, 0.3) is 11.4 Å². The van der Waals surface area contributed by atoms with Gasteiger partial charge in [0.05, 0.1) is 0 Å². The maximum Gasteiger partial charge on any atom is 0.253 e. The predicted molar refractivity (Wildman–Crippen MR) is 113 cm³/mol. The summed E-state index contributed by atoms with van der Waals surface area (Å²) in [5.41, 5.74) is 3.97. The molecule has 4 rings (SSSR count). The van der Waals surface area contributed by atoms with Crippen molar-refractivity contribution in [3.05, 3.63) is 65.5 Å². The van der Waals surface area contributed by atoms with Crippen molar-refractivity contribution in [1.82, 2.24) is 15.0 Å². The fraction of sp³-hybridized carbons (Fsp3) is 0.348. The fourth-order valence-electron chi connectivity index (χ4n) is 3.64. The van der Waals surface area contributed by atoms with E-state index in [-0.39, 0.29) is 11.8 Å². The molecule has 1 aliphatic heterocycles. The Morgan fingerprint density at radius 1 is 1.03 bits per heavy atom. The molecule has 1 saturated heterocycles. The number of piperidine rings is 1. The van der Waals surface area contributed by atoms with E-state index >= 15 is 0 Å². The third-order valence-corrected chi connectivity index (χ3v) is 5.51. The van der Waals surface area contributed by atoms with Gasteiger partial charge in [0.2, 0.25) is 11.7 Å². The van der Waals surface area contributed by atoms with E-state index < -0.39 is 0 Å². The molecule has 6 heteroatoms. The predicted octanol–water partition coefficient (Wildman–Crippen LogP) is 4.13. The first-order chi connectivity index (χ1) is 14.0. The van der Waals surface area contributed by atoms with Gasteiger partial charge in [-0.2, -0.15) is 4.98 Å². The second kappa shape index (κ2) is 8.07. The van der Waals surface area contributed by atoms with Crippen molar-refractivity contribution < 1.29 is 9.32 Å². The van der Waals surface area contributed by atoms with E-state index in [9.17, 15) is 4.79 Å². The van der Waals surface area contributed by atoms with E-state index in [0.717, 1.165) is 29.7 Å². The first-order valence-corrected chi connectivity index (χ1v) is 9.98. The summed E-state index contributed by atoms with van der Waals surface area (Å²) in [6.45, 7) is 3.44. The minimum Gasteiger partial charge on any atom is -0.378 e. The van der Waals surface area contributed by atoms with E-state index in [1.807, 2.05) is 72.4 Å². The van der Waals surface area contributed by atoms with Crippen molar-refractivity contribution in [2.24, 2.45) is 0 Å². The summed E-state index contributed by atoms with van der Waals surface area (Å²) < 4.78 is 5.54. The summed E-state index contributed by atoms with van der Waals surface area (Å²) in [7, 11) is 3.98. The summed E-state index contributed by atoms with van der Waals surface area (Å²) in [4.78, 5) is 21.3. The molecular weight excluding hydrogens is 364 g/mol. The number of carbonyl (C=O) groups excluding carboxylic acids is 1. The highest BCUT2D eigenvalue weighted by atomic mass is 16.5. The van der Waals surface area contributed by atoms with Gasteiger partial charge in [-0.1, -0.05) is 35.0 Å². The highest BCUT2D eigenvalue weighted by molar-refractivity contribution is 5.94. The molecule has 1 amide bonds. The molecular formula is C23H26N4O2. The Balaban J connectivity index is 1.38. The van der Waals surface area contributed by atoms with Crippen molar-refractivity contribution in [3.63, 3.8) is 0 Å². The summed E-state index contributed by atoms with van der Waals surface area (Å²) in [6.07, 6.45) is 1.66. The molecule has 0 saturated carbocycles. The van der Waals surface area contributed by atoms with Crippen LogP contribution in [0, 0.1) is 6.92 Å². The number of hydrogen-bond acceptors (Lipinski definition) is 5. The van der Waals surface area contributed by atoms with Gasteiger partial charge in [0, 0.05) is 49.9 Å². The molecule has 2 aromatic carbocycles. The van der Waals surface area contributed by atoms with Crippen LogP contribution in [0.15, 0.2) is 53.1 Å². The van der Waals surface area contributed by atoms with E-state index in [1.165, 1.54) is 5.56 Å². The molecule has 0 atom stereocenters. The SMILES string of the molecule is Cc1ccc(-c2noc(C3CCN(C(=O)c4ccc(N(C)C)cc4)CC3)n2)cc1. The number of anilines is 1. The molecule has 29 heavy (non-hydrogen) atoms. The first-order valence-electron chi connectivity index (χ1n) is 9.98. The number of hydrogen-bond donors (Lipinski definition) is 0. The molecule has 6 nitrogen and oxygen atoms in total. The van der Waals surface area contributed by atoms with Gasteiger partial charge in [-0.05, 0) is 44.0 Å². The second-order valence-corrected chi connectivity index (χ2v) is 7.83. The third kappa shape index (κ3) is 4.16. The van der Waals surface area contributed by atoms with Crippen molar-refractivity contribution in [2.45, 2.75) is 25.7 Å². The standard InChI is InChI=1S/C23H26N4O2/c1-16-4-6-17(7-5-16)21-24-22(29-25-21)18-12-14-27(15-13-18)23(28)19-8-10-20(11-9-19)26(2)3/h4-11,18H,12-15H2,1-3H3. The van der Waals surface area contributed by atoms with Crippen LogP contribution in [0.3, 0.4) is 0 Å². The van der Waals surface area contributed by atoms with Crippen LogP contribution in [-0.4, -0.2) is 48.1 Å². The smallest absolute Gasteiger partial charge is 0.253 e. The van der Waals surface area contributed by atoms with Crippen LogP contribution in [0.5, 0.6) is 0 Å². The van der Waals surface area contributed by atoms with Gasteiger partial charge < -0.3 is 14.3 Å². The number of rotatable bonds is 4. The number of carbonyl (C=O) groups is 1. The largest absolute Gasteiger partial charge is 0.378 e. The minimum absolute atomic E-state index is 0.0830. The first kappa shape index (κ1) is 19.2.